The summed E-state index contributed by atoms with van der Waals surface area (Å²) in [5, 5.41) is 2.66. The first-order chi connectivity index (χ1) is 9.30. The van der Waals surface area contributed by atoms with Gasteiger partial charge in [-0.2, -0.15) is 0 Å². The summed E-state index contributed by atoms with van der Waals surface area (Å²) in [6, 6.07) is 5.72. The second-order valence-electron chi connectivity index (χ2n) is 5.82. The zero-order valence-corrected chi connectivity index (χ0v) is 12.6. The van der Waals surface area contributed by atoms with Crippen molar-refractivity contribution in [3.63, 3.8) is 0 Å². The van der Waals surface area contributed by atoms with Crippen molar-refractivity contribution in [1.82, 2.24) is 15.2 Å². The Labute approximate surface area is 120 Å². The van der Waals surface area contributed by atoms with E-state index < -0.39 is 5.41 Å². The summed E-state index contributed by atoms with van der Waals surface area (Å²) in [6.07, 6.45) is 2.44. The molecule has 0 aliphatic rings. The molecule has 1 rings (SSSR count). The van der Waals surface area contributed by atoms with Gasteiger partial charge in [0.25, 0.3) is 0 Å². The smallest absolute Gasteiger partial charge is 0.241 e. The van der Waals surface area contributed by atoms with E-state index in [4.69, 9.17) is 0 Å². The molecule has 0 unspecified atom stereocenters. The highest BCUT2D eigenvalue weighted by molar-refractivity contribution is 5.87. The molecule has 1 aromatic heterocycles. The van der Waals surface area contributed by atoms with E-state index in [0.717, 1.165) is 5.69 Å². The fourth-order valence-electron chi connectivity index (χ4n) is 1.51. The maximum atomic E-state index is 11.9. The van der Waals surface area contributed by atoms with Gasteiger partial charge in [0, 0.05) is 37.3 Å². The number of nitrogens with zero attached hydrogens (tertiary/aromatic N) is 2. The largest absolute Gasteiger partial charge is 0.347 e. The Kier molecular flexibility index (Phi) is 5.67. The van der Waals surface area contributed by atoms with Gasteiger partial charge in [0.1, 0.15) is 0 Å². The van der Waals surface area contributed by atoms with Crippen molar-refractivity contribution in [2.24, 2.45) is 5.41 Å². The van der Waals surface area contributed by atoms with Crippen LogP contribution in [-0.4, -0.2) is 41.8 Å². The zero-order chi connectivity index (χ0) is 15.2. The van der Waals surface area contributed by atoms with Crippen molar-refractivity contribution in [2.45, 2.75) is 27.2 Å². The summed E-state index contributed by atoms with van der Waals surface area (Å²) in [4.78, 5) is 29.4. The molecule has 0 aliphatic carbocycles. The van der Waals surface area contributed by atoms with E-state index in [0.29, 0.717) is 13.0 Å². The average Bonchev–Trinajstić information content (AvgIpc) is 2.41. The number of aromatic nitrogens is 1. The van der Waals surface area contributed by atoms with E-state index in [1.54, 1.807) is 18.1 Å². The van der Waals surface area contributed by atoms with Gasteiger partial charge in [-0.1, -0.05) is 26.8 Å². The van der Waals surface area contributed by atoms with Crippen LogP contribution in [0.1, 0.15) is 26.5 Å². The van der Waals surface area contributed by atoms with Crippen LogP contribution in [0.15, 0.2) is 24.4 Å². The topological polar surface area (TPSA) is 62.3 Å². The standard InChI is InChI=1S/C15H23N3O2/c1-15(2,3)14(20)17-11-13(19)18(4)10-8-12-7-5-6-9-16-12/h5-7,9H,8,10-11H2,1-4H3,(H,17,20). The Bertz CT molecular complexity index is 452. The van der Waals surface area contributed by atoms with Crippen LogP contribution in [0.4, 0.5) is 0 Å². The summed E-state index contributed by atoms with van der Waals surface area (Å²) in [6.45, 7) is 6.07. The number of nitrogens with one attached hydrogen (secondary N) is 1. The molecule has 0 aromatic carbocycles. The summed E-state index contributed by atoms with van der Waals surface area (Å²) < 4.78 is 0. The first kappa shape index (κ1) is 16.1. The van der Waals surface area contributed by atoms with E-state index in [-0.39, 0.29) is 18.4 Å². The van der Waals surface area contributed by atoms with E-state index in [2.05, 4.69) is 10.3 Å². The second kappa shape index (κ2) is 7.03. The number of amides is 2. The molecule has 1 aromatic rings. The molecule has 0 spiro atoms. The minimum atomic E-state index is -0.479. The van der Waals surface area contributed by atoms with Crippen LogP contribution in [-0.2, 0) is 16.0 Å². The van der Waals surface area contributed by atoms with Crippen LogP contribution in [0.5, 0.6) is 0 Å². The normalized spacial score (nSPS) is 11.0. The molecule has 5 heteroatoms. The van der Waals surface area contributed by atoms with Crippen molar-refractivity contribution in [3.8, 4) is 0 Å². The van der Waals surface area contributed by atoms with E-state index in [1.807, 2.05) is 39.0 Å². The van der Waals surface area contributed by atoms with Gasteiger partial charge in [0.05, 0.1) is 6.54 Å². The average molecular weight is 277 g/mol. The van der Waals surface area contributed by atoms with Gasteiger partial charge >= 0.3 is 0 Å². The second-order valence-corrected chi connectivity index (χ2v) is 5.82. The van der Waals surface area contributed by atoms with Crippen molar-refractivity contribution in [2.75, 3.05) is 20.1 Å². The Morgan fingerprint density at radius 2 is 2.00 bits per heavy atom. The first-order valence-corrected chi connectivity index (χ1v) is 6.73. The molecule has 110 valence electrons. The van der Waals surface area contributed by atoms with Gasteiger partial charge in [-0.25, -0.2) is 0 Å². The Balaban J connectivity index is 2.35. The zero-order valence-electron chi connectivity index (χ0n) is 12.6. The molecule has 1 N–H and O–H groups in total. The molecular weight excluding hydrogens is 254 g/mol. The monoisotopic (exact) mass is 277 g/mol. The number of hydrogen-bond acceptors (Lipinski definition) is 3. The third kappa shape index (κ3) is 5.38. The fourth-order valence-corrected chi connectivity index (χ4v) is 1.51. The molecule has 0 radical (unpaired) electrons. The quantitative estimate of drug-likeness (QED) is 0.881. The summed E-state index contributed by atoms with van der Waals surface area (Å²) in [5.74, 6) is -0.220. The summed E-state index contributed by atoms with van der Waals surface area (Å²) in [5.41, 5.74) is 0.471. The molecule has 2 amide bonds. The third-order valence-corrected chi connectivity index (χ3v) is 2.94. The Morgan fingerprint density at radius 3 is 2.55 bits per heavy atom. The molecule has 5 nitrogen and oxygen atoms in total. The maximum absolute atomic E-state index is 11.9. The number of rotatable bonds is 5. The van der Waals surface area contributed by atoms with Crippen LogP contribution in [0, 0.1) is 5.41 Å². The maximum Gasteiger partial charge on any atom is 0.241 e. The van der Waals surface area contributed by atoms with E-state index in [1.165, 1.54) is 0 Å². The number of carbonyl (C=O) groups is 2. The summed E-state index contributed by atoms with van der Waals surface area (Å²) in [7, 11) is 1.73. The first-order valence-electron chi connectivity index (χ1n) is 6.73. The van der Waals surface area contributed by atoms with Crippen molar-refractivity contribution in [3.05, 3.63) is 30.1 Å². The fraction of sp³-hybridized carbons (Fsp3) is 0.533. The minimum absolute atomic E-state index is 0.0365. The lowest BCUT2D eigenvalue weighted by molar-refractivity contribution is -0.134. The molecule has 0 atom stereocenters. The Morgan fingerprint density at radius 1 is 1.30 bits per heavy atom. The molecule has 0 aliphatic heterocycles. The van der Waals surface area contributed by atoms with Gasteiger partial charge in [-0.3, -0.25) is 14.6 Å². The Hall–Kier alpha value is -1.91. The van der Waals surface area contributed by atoms with Crippen molar-refractivity contribution >= 4 is 11.8 Å². The lowest BCUT2D eigenvalue weighted by Gasteiger charge is -2.20. The van der Waals surface area contributed by atoms with Crippen LogP contribution in [0.25, 0.3) is 0 Å². The number of pyridine rings is 1. The number of carbonyl (C=O) groups excluding carboxylic acids is 2. The highest BCUT2D eigenvalue weighted by Gasteiger charge is 2.21. The van der Waals surface area contributed by atoms with E-state index in [9.17, 15) is 9.59 Å². The van der Waals surface area contributed by atoms with Gasteiger partial charge < -0.3 is 10.2 Å². The molecule has 0 saturated heterocycles. The molecular formula is C15H23N3O2. The van der Waals surface area contributed by atoms with Crippen LogP contribution in [0.2, 0.25) is 0 Å². The van der Waals surface area contributed by atoms with Gasteiger partial charge in [0.2, 0.25) is 11.8 Å². The predicted octanol–water partition coefficient (Wildman–Crippen LogP) is 1.24. The highest BCUT2D eigenvalue weighted by Crippen LogP contribution is 2.12. The van der Waals surface area contributed by atoms with Crippen LogP contribution in [0.3, 0.4) is 0 Å². The predicted molar refractivity (Wildman–Crippen MR) is 78.0 cm³/mol. The highest BCUT2D eigenvalue weighted by atomic mass is 16.2. The van der Waals surface area contributed by atoms with Crippen LogP contribution >= 0.6 is 0 Å². The lowest BCUT2D eigenvalue weighted by Crippen LogP contribution is -2.42. The van der Waals surface area contributed by atoms with Gasteiger partial charge in [0.15, 0.2) is 0 Å². The van der Waals surface area contributed by atoms with Crippen molar-refractivity contribution < 1.29 is 9.59 Å². The number of likely N-dealkylation sites (N-methyl/N-ethyl adjacent to an activating group) is 1. The van der Waals surface area contributed by atoms with Gasteiger partial charge in [-0.05, 0) is 12.1 Å². The molecule has 0 fully saturated rings. The van der Waals surface area contributed by atoms with Crippen LogP contribution < -0.4 is 5.32 Å². The minimum Gasteiger partial charge on any atom is -0.347 e. The molecule has 1 heterocycles. The molecule has 0 saturated carbocycles. The third-order valence-electron chi connectivity index (χ3n) is 2.94. The lowest BCUT2D eigenvalue weighted by atomic mass is 9.96. The number of hydrogen-bond donors (Lipinski definition) is 1. The van der Waals surface area contributed by atoms with Gasteiger partial charge in [-0.15, -0.1) is 0 Å². The van der Waals surface area contributed by atoms with E-state index >= 15 is 0 Å². The summed E-state index contributed by atoms with van der Waals surface area (Å²) >= 11 is 0. The van der Waals surface area contributed by atoms with Crippen molar-refractivity contribution in [1.29, 1.82) is 0 Å². The molecule has 0 bridgehead atoms. The SMILES string of the molecule is CN(CCc1ccccn1)C(=O)CNC(=O)C(C)(C)C. The molecule has 20 heavy (non-hydrogen) atoms.